The normalized spacial score (nSPS) is 17.1. The maximum atomic E-state index is 14.4. The van der Waals surface area contributed by atoms with Crippen LogP contribution in [-0.4, -0.2) is 230 Å². The Morgan fingerprint density at radius 1 is 0.440 bits per heavy atom. The number of hydrogen-bond donors (Lipinski definition) is 3. The Morgan fingerprint density at radius 3 is 1.09 bits per heavy atom. The van der Waals surface area contributed by atoms with Gasteiger partial charge >= 0.3 is 23.3 Å². The minimum absolute atomic E-state index is 0. The summed E-state index contributed by atoms with van der Waals surface area (Å²) in [6, 6.07) is 72.1. The van der Waals surface area contributed by atoms with Crippen molar-refractivity contribution in [1.82, 2.24) is 28.4 Å². The van der Waals surface area contributed by atoms with E-state index in [1.54, 1.807) is 151 Å². The highest BCUT2D eigenvalue weighted by Gasteiger charge is 2.54. The Hall–Kier alpha value is -12.0. The van der Waals surface area contributed by atoms with Crippen LogP contribution in [0.2, 0.25) is 0 Å². The number of hydrogen-bond acceptors (Lipinski definition) is 28. The van der Waals surface area contributed by atoms with Gasteiger partial charge in [0.05, 0.1) is 99.2 Å². The van der Waals surface area contributed by atoms with Crippen molar-refractivity contribution in [3.63, 3.8) is 0 Å². The molecule has 2 fully saturated rings. The zero-order valence-electron chi connectivity index (χ0n) is 90.2. The van der Waals surface area contributed by atoms with E-state index >= 15 is 0 Å². The zero-order valence-corrected chi connectivity index (χ0v) is 92.0. The van der Waals surface area contributed by atoms with Crippen LogP contribution in [-0.2, 0) is 72.7 Å². The highest BCUT2D eigenvalue weighted by molar-refractivity contribution is 7.57. The summed E-state index contributed by atoms with van der Waals surface area (Å²) < 4.78 is 99.6. The molecule has 34 heteroatoms. The average Bonchev–Trinajstić information content (AvgIpc) is 1.47. The molecule has 3 N–H and O–H groups in total. The van der Waals surface area contributed by atoms with Gasteiger partial charge in [-0.15, -0.1) is 0 Å². The summed E-state index contributed by atoms with van der Waals surface area (Å²) in [5, 5.41) is 35.7. The molecule has 2 amide bonds. The van der Waals surface area contributed by atoms with E-state index < -0.39 is 117 Å². The second kappa shape index (κ2) is 57.4. The summed E-state index contributed by atoms with van der Waals surface area (Å²) in [6.07, 6.45) is -4.83. The number of aryl methyl sites for hydroxylation is 2. The van der Waals surface area contributed by atoms with E-state index in [0.717, 1.165) is 33.4 Å². The second-order valence-corrected chi connectivity index (χ2v) is 43.3. The minimum atomic E-state index is -1.86. The Bertz CT molecular complexity index is 5960. The van der Waals surface area contributed by atoms with Crippen LogP contribution in [0.1, 0.15) is 209 Å². The number of aromatic nitrogens is 4. The third-order valence-corrected chi connectivity index (χ3v) is 31.8. The molecule has 2 saturated heterocycles. The SMILES string of the molecule is C.CC(C)C(C(C)C)P(CC(=O)OC(C)(C)CC#N)N(C(C)C)C(C)C.COCCOC1C(O)[C@@H](COC(c2ccccc2)(c2ccc(OC)cc2)c2ccc(OC)cc2)O[C@H]1n1cc(C)c(NC(=O)c2ccccc2)nc1=O.COCCOC1C(OP(CC(=O)OC(C)(C)CC#N)N(C(C)C)C(C)C)[C@@H](COC(c2ccccc2)(c2ccc(OC)cc2)c2ccc(OC)cc2)O[C@H]1n1cc(C)c(NC(=O)c2ccccc2)nc1=O. The van der Waals surface area contributed by atoms with Gasteiger partial charge in [-0.2, -0.15) is 20.5 Å². The van der Waals surface area contributed by atoms with Gasteiger partial charge in [-0.3, -0.25) is 37.7 Å². The lowest BCUT2D eigenvalue weighted by atomic mass is 9.80. The third kappa shape index (κ3) is 31.6. The Morgan fingerprint density at radius 2 is 0.760 bits per heavy atom. The number of carbonyl (C=O) groups excluding carboxylic acids is 4. The molecule has 6 unspecified atom stereocenters. The molecule has 0 spiro atoms. The fraction of sp³-hybridized carbons (Fsp3) is 0.466. The van der Waals surface area contributed by atoms with Gasteiger partial charge in [0.25, 0.3) is 11.8 Å². The van der Waals surface area contributed by atoms with Crippen molar-refractivity contribution >= 4 is 51.8 Å². The van der Waals surface area contributed by atoms with Gasteiger partial charge in [0.1, 0.15) is 108 Å². The van der Waals surface area contributed by atoms with Crippen LogP contribution in [0.5, 0.6) is 23.0 Å². The summed E-state index contributed by atoms with van der Waals surface area (Å²) >= 11 is 0. The number of nitrogens with zero attached hydrogens (tertiary/aromatic N) is 8. The lowest BCUT2D eigenvalue weighted by molar-refractivity contribution is -0.154. The molecular weight excluding hydrogens is 1950 g/mol. The van der Waals surface area contributed by atoms with Crippen molar-refractivity contribution in [2.24, 2.45) is 11.8 Å². The molecule has 0 aliphatic carbocycles. The van der Waals surface area contributed by atoms with Gasteiger partial charge < -0.3 is 86.6 Å². The number of esters is 2. The third-order valence-electron chi connectivity index (χ3n) is 25.4. The number of ether oxygens (including phenoxy) is 14. The van der Waals surface area contributed by atoms with Crippen LogP contribution in [0.25, 0.3) is 0 Å². The molecule has 10 aromatic rings. The number of anilines is 2. The quantitative estimate of drug-likeness (QED) is 0.0138. The van der Waals surface area contributed by atoms with Crippen LogP contribution in [0, 0.1) is 48.3 Å². The van der Waals surface area contributed by atoms with Crippen LogP contribution >= 0.6 is 16.4 Å². The van der Waals surface area contributed by atoms with Gasteiger partial charge in [0.2, 0.25) is 0 Å². The summed E-state index contributed by atoms with van der Waals surface area (Å²) in [5.74, 6) is 2.31. The summed E-state index contributed by atoms with van der Waals surface area (Å²) in [7, 11) is 7.00. The van der Waals surface area contributed by atoms with E-state index in [-0.39, 0.29) is 95.8 Å². The Labute approximate surface area is 886 Å². The molecule has 2 aliphatic rings. The molecule has 32 nitrogen and oxygen atoms in total. The van der Waals surface area contributed by atoms with Crippen molar-refractivity contribution < 1.29 is 95.1 Å². The highest BCUT2D eigenvalue weighted by Crippen LogP contribution is 2.55. The van der Waals surface area contributed by atoms with Crippen LogP contribution in [0.4, 0.5) is 11.6 Å². The second-order valence-electron chi connectivity index (χ2n) is 39.4. The largest absolute Gasteiger partial charge is 0.497 e. The summed E-state index contributed by atoms with van der Waals surface area (Å²) in [5.41, 5.74) is 1.37. The molecule has 8 aromatic carbocycles. The lowest BCUT2D eigenvalue weighted by Crippen LogP contribution is -2.44. The molecule has 2 aromatic heterocycles. The van der Waals surface area contributed by atoms with Crippen molar-refractivity contribution in [2.45, 2.75) is 246 Å². The molecule has 0 saturated carbocycles. The van der Waals surface area contributed by atoms with Crippen molar-refractivity contribution in [2.75, 3.05) is 105 Å². The van der Waals surface area contributed by atoms with Crippen LogP contribution in [0.3, 0.4) is 0 Å². The smallest absolute Gasteiger partial charge is 0.351 e. The predicted octanol–water partition coefficient (Wildman–Crippen LogP) is 20.0. The van der Waals surface area contributed by atoms with E-state index in [1.807, 2.05) is 185 Å². The number of amides is 2. The van der Waals surface area contributed by atoms with Gasteiger partial charge in [-0.25, -0.2) is 9.59 Å². The molecule has 150 heavy (non-hydrogen) atoms. The number of aliphatic hydroxyl groups is 1. The van der Waals surface area contributed by atoms with E-state index in [1.165, 1.54) is 15.3 Å². The van der Waals surface area contributed by atoms with E-state index in [9.17, 15) is 39.1 Å². The molecule has 12 rings (SSSR count). The van der Waals surface area contributed by atoms with Crippen LogP contribution < -0.4 is 41.0 Å². The maximum Gasteiger partial charge on any atom is 0.351 e. The summed E-state index contributed by atoms with van der Waals surface area (Å²) in [4.78, 5) is 89.3. The number of nitrogens with one attached hydrogen (secondary N) is 2. The van der Waals surface area contributed by atoms with Gasteiger partial charge in [0.15, 0.2) is 12.5 Å². The number of methoxy groups -OCH3 is 6. The summed E-state index contributed by atoms with van der Waals surface area (Å²) in [6.45, 7) is 36.8. The van der Waals surface area contributed by atoms with E-state index in [0.29, 0.717) is 81.0 Å². The Kier molecular flexibility index (Phi) is 46.5. The topological polar surface area (TPSA) is 375 Å². The monoisotopic (exact) mass is 2100 g/mol. The molecule has 0 bridgehead atoms. The minimum Gasteiger partial charge on any atom is -0.497 e. The highest BCUT2D eigenvalue weighted by atomic mass is 31.2. The molecule has 2 aliphatic heterocycles. The van der Waals surface area contributed by atoms with Crippen molar-refractivity contribution in [1.29, 1.82) is 10.5 Å². The van der Waals surface area contributed by atoms with Crippen molar-refractivity contribution in [3.05, 3.63) is 307 Å². The van der Waals surface area contributed by atoms with Gasteiger partial charge in [0, 0.05) is 73.0 Å². The fourth-order valence-corrected chi connectivity index (χ4v) is 24.6. The predicted molar refractivity (Wildman–Crippen MR) is 583 cm³/mol. The molecule has 0 radical (unpaired) electrons. The van der Waals surface area contributed by atoms with Crippen LogP contribution in [0.15, 0.2) is 240 Å². The fourth-order valence-electron chi connectivity index (χ4n) is 18.8. The lowest BCUT2D eigenvalue weighted by Gasteiger charge is -2.45. The van der Waals surface area contributed by atoms with E-state index in [2.05, 4.69) is 97.5 Å². The number of nitriles is 2. The van der Waals surface area contributed by atoms with Gasteiger partial charge in [-0.1, -0.05) is 181 Å². The zero-order chi connectivity index (χ0) is 109. The average molecular weight is 2100 g/mol. The van der Waals surface area contributed by atoms with Crippen molar-refractivity contribution in [3.8, 4) is 35.1 Å². The first-order valence-corrected chi connectivity index (χ1v) is 53.2. The van der Waals surface area contributed by atoms with E-state index in [4.69, 9.17) is 76.1 Å². The first-order valence-electron chi connectivity index (χ1n) is 50.2. The number of aliphatic hydroxyl groups excluding tert-OH is 1. The maximum absolute atomic E-state index is 14.4. The Balaban J connectivity index is 0.000000277. The number of benzene rings is 8. The molecule has 4 heterocycles. The molecule has 10 atom stereocenters. The standard InChI is InChI=1S/C54H66N5O11P.C41H43N3O9.C20H39N2O2P.CH4/c1-36(2)59(37(3)4)71(35-46(60)69-53(6,7)29-30-55)70-47-45(34-67-54(40-19-15-12-16-20-40,41-21-25-43(64-9)26-22-41)42-23-27-44(65-10)28-24-42)68-51(48(47)66-32-31-63-8)58-33-38(5)49(57-52(58)62)56-50(61)39-17-13-11-14-18-39;1-27-25-44(40(47)43-37(27)42-38(46)28-11-7-5-8-12-28)39-36(51-24-23-48-2)35(45)34(53-39)26-52-41(29-13-9-6-10-14-29,30-15-19-32(49-3)20-16-30)31-17-21-33(50-4)22-18-31;1-14(2)19(15(3)4)25(22(16(5)6)17(7)8)13-18(23)24-20(9,10)11-12-21;/h11-28,33,36-37,45,47-48,51H,29,31-32,34-35H2,1-10H3,(H,56,57,61,62);5-22,25,34-36,39,45H,23-24,26H2,1-4H3,(H,42,43,46,47);14-17,19H,11,13H2,1-10H3;1H4/t45-,47?,48?,51-,71?;34-,35?,36?,39-;;/m11../s1. The first-order chi connectivity index (χ1) is 71.2. The number of rotatable bonds is 49. The first kappa shape index (κ1) is 121. The molecular formula is C116H152N10O22P2. The van der Waals surface area contributed by atoms with Gasteiger partial charge in [-0.05, 0) is 229 Å². The molecule has 808 valence electrons. The number of carbonyl (C=O) groups is 4.